The Bertz CT molecular complexity index is 529. The van der Waals surface area contributed by atoms with Crippen molar-refractivity contribution in [3.63, 3.8) is 0 Å². The highest BCUT2D eigenvalue weighted by atomic mass is 16.3. The molecule has 8 heteroatoms. The first-order valence-corrected chi connectivity index (χ1v) is 6.56. The van der Waals surface area contributed by atoms with Gasteiger partial charge < -0.3 is 15.3 Å². The molecule has 0 aromatic carbocycles. The molecule has 0 saturated heterocycles. The Morgan fingerprint density at radius 2 is 2.20 bits per heavy atom. The van der Waals surface area contributed by atoms with Gasteiger partial charge in [0.15, 0.2) is 0 Å². The normalized spacial score (nSPS) is 10.6. The second kappa shape index (κ2) is 6.80. The van der Waals surface area contributed by atoms with E-state index in [0.29, 0.717) is 30.8 Å². The largest absolute Gasteiger partial charge is 0.396 e. The molecule has 0 radical (unpaired) electrons. The monoisotopic (exact) mass is 277 g/mol. The smallest absolute Gasteiger partial charge is 0.241 e. The minimum atomic E-state index is 0.148. The van der Waals surface area contributed by atoms with Crippen molar-refractivity contribution in [2.75, 3.05) is 37.0 Å². The Hall–Kier alpha value is -2.22. The van der Waals surface area contributed by atoms with E-state index in [2.05, 4.69) is 25.3 Å². The van der Waals surface area contributed by atoms with E-state index in [1.807, 2.05) is 11.8 Å². The van der Waals surface area contributed by atoms with Gasteiger partial charge in [-0.15, -0.1) is 0 Å². The molecule has 0 unspecified atom stereocenters. The van der Waals surface area contributed by atoms with Crippen LogP contribution in [0.5, 0.6) is 0 Å². The summed E-state index contributed by atoms with van der Waals surface area (Å²) in [5.41, 5.74) is 0. The van der Waals surface area contributed by atoms with Crippen molar-refractivity contribution < 1.29 is 5.11 Å². The van der Waals surface area contributed by atoms with Gasteiger partial charge in [-0.1, -0.05) is 0 Å². The molecule has 20 heavy (non-hydrogen) atoms. The number of aliphatic hydroxyl groups is 1. The zero-order valence-corrected chi connectivity index (χ0v) is 11.7. The number of rotatable bonds is 7. The molecule has 0 bridgehead atoms. The molecule has 0 spiro atoms. The molecular weight excluding hydrogens is 258 g/mol. The first-order valence-electron chi connectivity index (χ1n) is 6.56. The van der Waals surface area contributed by atoms with E-state index in [1.54, 1.807) is 30.3 Å². The fourth-order valence-electron chi connectivity index (χ4n) is 1.76. The van der Waals surface area contributed by atoms with Crippen LogP contribution in [-0.2, 0) is 0 Å². The number of hydrogen-bond donors (Lipinski definition) is 2. The topological polar surface area (TPSA) is 92.0 Å². The van der Waals surface area contributed by atoms with Gasteiger partial charge in [0.2, 0.25) is 17.8 Å². The quantitative estimate of drug-likeness (QED) is 0.752. The van der Waals surface area contributed by atoms with E-state index in [-0.39, 0.29) is 6.61 Å². The first-order chi connectivity index (χ1) is 9.78. The van der Waals surface area contributed by atoms with Crippen LogP contribution in [0.3, 0.4) is 0 Å². The van der Waals surface area contributed by atoms with Crippen LogP contribution in [0.1, 0.15) is 13.3 Å². The average molecular weight is 277 g/mol. The maximum Gasteiger partial charge on any atom is 0.241 e. The van der Waals surface area contributed by atoms with Crippen LogP contribution in [0.4, 0.5) is 11.9 Å². The molecule has 2 heterocycles. The van der Waals surface area contributed by atoms with E-state index in [9.17, 15) is 0 Å². The summed E-state index contributed by atoms with van der Waals surface area (Å²) in [5, 5.41) is 11.9. The van der Waals surface area contributed by atoms with Gasteiger partial charge in [-0.2, -0.15) is 15.0 Å². The zero-order valence-electron chi connectivity index (χ0n) is 11.7. The average Bonchev–Trinajstić information content (AvgIpc) is 3.02. The van der Waals surface area contributed by atoms with Crippen molar-refractivity contribution in [1.82, 2.24) is 24.5 Å². The molecule has 0 aliphatic rings. The molecule has 8 nitrogen and oxygen atoms in total. The van der Waals surface area contributed by atoms with Gasteiger partial charge in [0, 0.05) is 39.1 Å². The standard InChI is InChI=1S/C12H19N7O/c1-3-18(6-4-8-20)11-15-10(13-2)16-12(17-11)19-7-5-14-9-19/h5,7,9,20H,3-4,6,8H2,1-2H3,(H,13,15,16,17). The van der Waals surface area contributed by atoms with Gasteiger partial charge in [0.1, 0.15) is 6.33 Å². The highest BCUT2D eigenvalue weighted by molar-refractivity contribution is 5.39. The van der Waals surface area contributed by atoms with Gasteiger partial charge in [-0.3, -0.25) is 4.57 Å². The molecule has 0 aliphatic heterocycles. The van der Waals surface area contributed by atoms with E-state index in [0.717, 1.165) is 6.54 Å². The van der Waals surface area contributed by atoms with Crippen LogP contribution in [0.25, 0.3) is 5.95 Å². The number of hydrogen-bond acceptors (Lipinski definition) is 7. The Balaban J connectivity index is 2.34. The molecule has 2 aromatic heterocycles. The third-order valence-corrected chi connectivity index (χ3v) is 2.82. The number of anilines is 2. The van der Waals surface area contributed by atoms with E-state index in [1.165, 1.54) is 0 Å². The minimum absolute atomic E-state index is 0.148. The molecule has 2 aromatic rings. The van der Waals surface area contributed by atoms with Gasteiger partial charge in [0.25, 0.3) is 0 Å². The van der Waals surface area contributed by atoms with E-state index >= 15 is 0 Å². The van der Waals surface area contributed by atoms with Crippen molar-refractivity contribution in [1.29, 1.82) is 0 Å². The second-order valence-corrected chi connectivity index (χ2v) is 4.14. The van der Waals surface area contributed by atoms with Crippen molar-refractivity contribution in [2.24, 2.45) is 0 Å². The minimum Gasteiger partial charge on any atom is -0.396 e. The number of imidazole rings is 1. The molecule has 2 rings (SSSR count). The van der Waals surface area contributed by atoms with Crippen LogP contribution in [0.2, 0.25) is 0 Å². The molecular formula is C12H19N7O. The summed E-state index contributed by atoms with van der Waals surface area (Å²) in [6, 6.07) is 0. The molecule has 0 atom stereocenters. The molecule has 0 aliphatic carbocycles. The van der Waals surface area contributed by atoms with Crippen molar-refractivity contribution in [3.8, 4) is 5.95 Å². The van der Waals surface area contributed by atoms with Crippen LogP contribution in [0.15, 0.2) is 18.7 Å². The number of aliphatic hydroxyl groups excluding tert-OH is 1. The van der Waals surface area contributed by atoms with Crippen LogP contribution in [-0.4, -0.2) is 56.4 Å². The highest BCUT2D eigenvalue weighted by Gasteiger charge is 2.12. The predicted octanol–water partition coefficient (Wildman–Crippen LogP) is 0.308. The first kappa shape index (κ1) is 14.2. The number of aromatic nitrogens is 5. The maximum atomic E-state index is 8.96. The fraction of sp³-hybridized carbons (Fsp3) is 0.500. The second-order valence-electron chi connectivity index (χ2n) is 4.14. The van der Waals surface area contributed by atoms with Crippen LogP contribution in [0, 0.1) is 0 Å². The fourth-order valence-corrected chi connectivity index (χ4v) is 1.76. The Morgan fingerprint density at radius 3 is 2.80 bits per heavy atom. The van der Waals surface area contributed by atoms with Gasteiger partial charge in [0.05, 0.1) is 0 Å². The Morgan fingerprint density at radius 1 is 1.35 bits per heavy atom. The lowest BCUT2D eigenvalue weighted by Crippen LogP contribution is -2.27. The molecule has 0 fully saturated rings. The summed E-state index contributed by atoms with van der Waals surface area (Å²) in [7, 11) is 1.76. The summed E-state index contributed by atoms with van der Waals surface area (Å²) < 4.78 is 1.73. The zero-order chi connectivity index (χ0) is 14.4. The lowest BCUT2D eigenvalue weighted by molar-refractivity contribution is 0.289. The number of nitrogens with one attached hydrogen (secondary N) is 1. The molecule has 0 saturated carbocycles. The van der Waals surface area contributed by atoms with Crippen LogP contribution < -0.4 is 10.2 Å². The summed E-state index contributed by atoms with van der Waals surface area (Å²) in [5.74, 6) is 1.60. The molecule has 108 valence electrons. The van der Waals surface area contributed by atoms with Gasteiger partial charge in [-0.05, 0) is 13.3 Å². The lowest BCUT2D eigenvalue weighted by Gasteiger charge is -2.21. The molecule has 0 amide bonds. The third-order valence-electron chi connectivity index (χ3n) is 2.82. The summed E-state index contributed by atoms with van der Waals surface area (Å²) in [4.78, 5) is 19.1. The summed E-state index contributed by atoms with van der Waals surface area (Å²) in [6.07, 6.45) is 5.77. The SMILES string of the molecule is CCN(CCCO)c1nc(NC)nc(-n2ccnc2)n1. The van der Waals surface area contributed by atoms with Crippen molar-refractivity contribution in [2.45, 2.75) is 13.3 Å². The summed E-state index contributed by atoms with van der Waals surface area (Å²) in [6.45, 7) is 3.63. The van der Waals surface area contributed by atoms with Gasteiger partial charge in [-0.25, -0.2) is 4.98 Å². The van der Waals surface area contributed by atoms with E-state index < -0.39 is 0 Å². The maximum absolute atomic E-state index is 8.96. The summed E-state index contributed by atoms with van der Waals surface area (Å²) >= 11 is 0. The van der Waals surface area contributed by atoms with E-state index in [4.69, 9.17) is 5.11 Å². The lowest BCUT2D eigenvalue weighted by atomic mass is 10.4. The Labute approximate surface area is 117 Å². The Kier molecular flexibility index (Phi) is 4.83. The highest BCUT2D eigenvalue weighted by Crippen LogP contribution is 2.13. The third kappa shape index (κ3) is 3.21. The molecule has 2 N–H and O–H groups in total. The predicted molar refractivity (Wildman–Crippen MR) is 76.1 cm³/mol. The van der Waals surface area contributed by atoms with Crippen molar-refractivity contribution in [3.05, 3.63) is 18.7 Å². The van der Waals surface area contributed by atoms with Crippen molar-refractivity contribution >= 4 is 11.9 Å². The van der Waals surface area contributed by atoms with Crippen LogP contribution >= 0.6 is 0 Å². The number of nitrogens with zero attached hydrogens (tertiary/aromatic N) is 6. The van der Waals surface area contributed by atoms with Gasteiger partial charge >= 0.3 is 0 Å².